The summed E-state index contributed by atoms with van der Waals surface area (Å²) in [5, 5.41) is 0. The Balaban J connectivity index is 1.99. The molecule has 2 N–H and O–H groups in total. The zero-order chi connectivity index (χ0) is 10.7. The Morgan fingerprint density at radius 2 is 2.53 bits per heavy atom. The van der Waals surface area contributed by atoms with Gasteiger partial charge in [0.1, 0.15) is 6.26 Å². The van der Waals surface area contributed by atoms with E-state index in [9.17, 15) is 0 Å². The molecular formula is C11H19N3O. The van der Waals surface area contributed by atoms with E-state index in [-0.39, 0.29) is 6.04 Å². The molecule has 4 heteroatoms. The van der Waals surface area contributed by atoms with Gasteiger partial charge in [-0.3, -0.25) is 4.90 Å². The van der Waals surface area contributed by atoms with Crippen molar-refractivity contribution < 1.29 is 4.42 Å². The molecule has 0 saturated carbocycles. The summed E-state index contributed by atoms with van der Waals surface area (Å²) in [6.07, 6.45) is 6.96. The highest BCUT2D eigenvalue weighted by molar-refractivity contribution is 4.94. The van der Waals surface area contributed by atoms with Gasteiger partial charge in [-0.2, -0.15) is 0 Å². The Bertz CT molecular complexity index is 284. The Hall–Kier alpha value is -0.870. The third-order valence-corrected chi connectivity index (χ3v) is 3.12. The summed E-state index contributed by atoms with van der Waals surface area (Å²) in [4.78, 5) is 6.58. The van der Waals surface area contributed by atoms with Crippen molar-refractivity contribution in [1.82, 2.24) is 9.88 Å². The lowest BCUT2D eigenvalue weighted by Gasteiger charge is -2.37. The number of aromatic nitrogens is 1. The normalized spacial score (nSPS) is 25.3. The fraction of sp³-hybridized carbons (Fsp3) is 0.727. The average Bonchev–Trinajstić information content (AvgIpc) is 2.71. The maximum absolute atomic E-state index is 6.00. The molecule has 0 spiro atoms. The maximum Gasteiger partial charge on any atom is 0.180 e. The lowest BCUT2D eigenvalue weighted by molar-refractivity contribution is 0.121. The highest BCUT2D eigenvalue weighted by Gasteiger charge is 2.25. The van der Waals surface area contributed by atoms with Crippen LogP contribution in [0, 0.1) is 0 Å². The van der Waals surface area contributed by atoms with E-state index < -0.39 is 0 Å². The second-order valence-corrected chi connectivity index (χ2v) is 4.37. The van der Waals surface area contributed by atoms with Gasteiger partial charge in [0.05, 0.1) is 5.69 Å². The van der Waals surface area contributed by atoms with E-state index in [1.165, 1.54) is 25.7 Å². The molecule has 2 atom stereocenters. The first-order valence-electron chi connectivity index (χ1n) is 5.64. The number of hydrogen-bond donors (Lipinski definition) is 1. The van der Waals surface area contributed by atoms with Gasteiger partial charge in [-0.15, -0.1) is 0 Å². The van der Waals surface area contributed by atoms with Crippen LogP contribution in [0.2, 0.25) is 0 Å². The number of nitrogens with zero attached hydrogens (tertiary/aromatic N) is 2. The fourth-order valence-electron chi connectivity index (χ4n) is 2.33. The number of oxazole rings is 1. The van der Waals surface area contributed by atoms with E-state index >= 15 is 0 Å². The standard InChI is InChI=1S/C11H19N3O/c1-9(12)11-4-2-3-5-14(11)6-10-7-15-8-13-10/h7-9,11H,2-6,12H2,1H3. The highest BCUT2D eigenvalue weighted by Crippen LogP contribution is 2.20. The molecule has 1 fully saturated rings. The molecule has 0 radical (unpaired) electrons. The van der Waals surface area contributed by atoms with Gasteiger partial charge in [0.15, 0.2) is 6.39 Å². The summed E-state index contributed by atoms with van der Waals surface area (Å²) in [6.45, 7) is 4.08. The van der Waals surface area contributed by atoms with Gasteiger partial charge >= 0.3 is 0 Å². The van der Waals surface area contributed by atoms with Crippen molar-refractivity contribution in [3.05, 3.63) is 18.4 Å². The maximum atomic E-state index is 6.00. The smallest absolute Gasteiger partial charge is 0.180 e. The summed E-state index contributed by atoms with van der Waals surface area (Å²) in [5.41, 5.74) is 7.00. The largest absolute Gasteiger partial charge is 0.451 e. The van der Waals surface area contributed by atoms with Crippen LogP contribution in [0.3, 0.4) is 0 Å². The molecule has 15 heavy (non-hydrogen) atoms. The van der Waals surface area contributed by atoms with Crippen LogP contribution >= 0.6 is 0 Å². The molecule has 2 rings (SSSR count). The van der Waals surface area contributed by atoms with E-state index in [0.717, 1.165) is 18.8 Å². The second-order valence-electron chi connectivity index (χ2n) is 4.37. The minimum atomic E-state index is 0.234. The summed E-state index contributed by atoms with van der Waals surface area (Å²) < 4.78 is 4.98. The number of rotatable bonds is 3. The van der Waals surface area contributed by atoms with E-state index in [4.69, 9.17) is 10.2 Å². The van der Waals surface area contributed by atoms with Crippen molar-refractivity contribution in [1.29, 1.82) is 0 Å². The van der Waals surface area contributed by atoms with Gasteiger partial charge in [-0.05, 0) is 26.3 Å². The Kier molecular flexibility index (Phi) is 3.38. The van der Waals surface area contributed by atoms with Crippen LogP contribution in [0.1, 0.15) is 31.9 Å². The van der Waals surface area contributed by atoms with Crippen LogP contribution < -0.4 is 5.73 Å². The molecule has 0 aromatic carbocycles. The highest BCUT2D eigenvalue weighted by atomic mass is 16.3. The van der Waals surface area contributed by atoms with E-state index in [0.29, 0.717) is 6.04 Å². The van der Waals surface area contributed by atoms with Crippen LogP contribution in [0.15, 0.2) is 17.1 Å². The van der Waals surface area contributed by atoms with Crippen molar-refractivity contribution in [3.8, 4) is 0 Å². The number of nitrogens with two attached hydrogens (primary N) is 1. The molecule has 1 aliphatic rings. The molecular weight excluding hydrogens is 190 g/mol. The minimum Gasteiger partial charge on any atom is -0.451 e. The fourth-order valence-corrected chi connectivity index (χ4v) is 2.33. The summed E-state index contributed by atoms with van der Waals surface area (Å²) >= 11 is 0. The molecule has 0 amide bonds. The van der Waals surface area contributed by atoms with Gasteiger partial charge in [0.25, 0.3) is 0 Å². The van der Waals surface area contributed by atoms with Gasteiger partial charge in [-0.25, -0.2) is 4.98 Å². The van der Waals surface area contributed by atoms with Crippen LogP contribution in [-0.2, 0) is 6.54 Å². The molecule has 1 aromatic heterocycles. The Morgan fingerprint density at radius 1 is 1.67 bits per heavy atom. The first kappa shape index (κ1) is 10.6. The van der Waals surface area contributed by atoms with Crippen molar-refractivity contribution >= 4 is 0 Å². The molecule has 1 saturated heterocycles. The molecule has 2 unspecified atom stereocenters. The number of hydrogen-bond acceptors (Lipinski definition) is 4. The molecule has 0 bridgehead atoms. The van der Waals surface area contributed by atoms with Crippen molar-refractivity contribution in [2.45, 2.75) is 44.8 Å². The van der Waals surface area contributed by atoms with Crippen molar-refractivity contribution in [3.63, 3.8) is 0 Å². The minimum absolute atomic E-state index is 0.234. The van der Waals surface area contributed by atoms with E-state index in [2.05, 4.69) is 16.8 Å². The summed E-state index contributed by atoms with van der Waals surface area (Å²) in [7, 11) is 0. The van der Waals surface area contributed by atoms with Gasteiger partial charge < -0.3 is 10.2 Å². The predicted octanol–water partition coefficient (Wildman–Crippen LogP) is 1.38. The second kappa shape index (κ2) is 4.77. The lowest BCUT2D eigenvalue weighted by Crippen LogP contribution is -2.48. The molecule has 4 nitrogen and oxygen atoms in total. The molecule has 2 heterocycles. The Morgan fingerprint density at radius 3 is 3.20 bits per heavy atom. The predicted molar refractivity (Wildman–Crippen MR) is 58.2 cm³/mol. The van der Waals surface area contributed by atoms with Crippen molar-refractivity contribution in [2.75, 3.05) is 6.54 Å². The number of piperidine rings is 1. The van der Waals surface area contributed by atoms with Crippen molar-refractivity contribution in [2.24, 2.45) is 5.73 Å². The summed E-state index contributed by atoms with van der Waals surface area (Å²) in [6, 6.07) is 0.729. The third-order valence-electron chi connectivity index (χ3n) is 3.12. The average molecular weight is 209 g/mol. The molecule has 1 aliphatic heterocycles. The van der Waals surface area contributed by atoms with E-state index in [1.54, 1.807) is 6.26 Å². The van der Waals surface area contributed by atoms with Crippen LogP contribution in [0.4, 0.5) is 0 Å². The lowest BCUT2D eigenvalue weighted by atomic mass is 9.97. The van der Waals surface area contributed by atoms with Crippen LogP contribution in [-0.4, -0.2) is 28.5 Å². The van der Waals surface area contributed by atoms with Gasteiger partial charge in [-0.1, -0.05) is 6.42 Å². The molecule has 84 valence electrons. The first-order chi connectivity index (χ1) is 7.27. The zero-order valence-corrected chi connectivity index (χ0v) is 9.22. The van der Waals surface area contributed by atoms with Gasteiger partial charge in [0.2, 0.25) is 0 Å². The third kappa shape index (κ3) is 2.58. The first-order valence-corrected chi connectivity index (χ1v) is 5.64. The van der Waals surface area contributed by atoms with E-state index in [1.807, 2.05) is 0 Å². The molecule has 0 aliphatic carbocycles. The summed E-state index contributed by atoms with van der Waals surface area (Å²) in [5.74, 6) is 0. The zero-order valence-electron chi connectivity index (χ0n) is 9.22. The van der Waals surface area contributed by atoms with Gasteiger partial charge in [0, 0.05) is 18.6 Å². The SMILES string of the molecule is CC(N)C1CCCCN1Cc1cocn1. The quantitative estimate of drug-likeness (QED) is 0.817. The topological polar surface area (TPSA) is 55.3 Å². The Labute approximate surface area is 90.5 Å². The molecule has 1 aromatic rings. The monoisotopic (exact) mass is 209 g/mol. The van der Waals surface area contributed by atoms with Crippen LogP contribution in [0.25, 0.3) is 0 Å². The van der Waals surface area contributed by atoms with Crippen LogP contribution in [0.5, 0.6) is 0 Å². The number of likely N-dealkylation sites (tertiary alicyclic amines) is 1.